The predicted octanol–water partition coefficient (Wildman–Crippen LogP) is 2.85. The fraction of sp³-hybridized carbons (Fsp3) is 0.300. The molecule has 4 heteroatoms. The smallest absolute Gasteiger partial charge is 0.223 e. The second-order valence-corrected chi connectivity index (χ2v) is 3.27. The van der Waals surface area contributed by atoms with Crippen molar-refractivity contribution in [2.24, 2.45) is 0 Å². The monoisotopic (exact) mass is 215 g/mol. The van der Waals surface area contributed by atoms with Crippen LogP contribution in [0, 0.1) is 5.82 Å². The highest BCUT2D eigenvalue weighted by atomic mass is 35.5. The fourth-order valence-corrected chi connectivity index (χ4v) is 1.36. The van der Waals surface area contributed by atoms with Crippen LogP contribution in [0.1, 0.15) is 13.8 Å². The average molecular weight is 216 g/mol. The molecule has 0 saturated heterocycles. The molecule has 1 amide bonds. The van der Waals surface area contributed by atoms with Gasteiger partial charge in [0.15, 0.2) is 0 Å². The standard InChI is InChI=1S/C10H11ClFNO/c1-3-13(7(2)14)8-4-5-9(11)10(12)6-8/h4-6H,3H2,1-2H3. The molecule has 0 spiro atoms. The van der Waals surface area contributed by atoms with Crippen molar-refractivity contribution in [3.63, 3.8) is 0 Å². The molecule has 1 aromatic rings. The molecule has 0 aliphatic rings. The van der Waals surface area contributed by atoms with E-state index in [4.69, 9.17) is 11.6 Å². The molecule has 0 fully saturated rings. The van der Waals surface area contributed by atoms with Gasteiger partial charge in [-0.2, -0.15) is 0 Å². The van der Waals surface area contributed by atoms with Crippen molar-refractivity contribution in [1.29, 1.82) is 0 Å². The summed E-state index contributed by atoms with van der Waals surface area (Å²) >= 11 is 5.53. The number of nitrogens with zero attached hydrogens (tertiary/aromatic N) is 1. The Morgan fingerprint density at radius 2 is 2.21 bits per heavy atom. The Labute approximate surface area is 87.3 Å². The number of anilines is 1. The van der Waals surface area contributed by atoms with Gasteiger partial charge in [0.25, 0.3) is 0 Å². The van der Waals surface area contributed by atoms with Gasteiger partial charge in [-0.3, -0.25) is 4.79 Å². The van der Waals surface area contributed by atoms with E-state index in [0.717, 1.165) is 0 Å². The highest BCUT2D eigenvalue weighted by Crippen LogP contribution is 2.21. The zero-order valence-electron chi connectivity index (χ0n) is 8.05. The quantitative estimate of drug-likeness (QED) is 0.743. The number of halogens is 2. The molecule has 0 unspecified atom stereocenters. The Balaban J connectivity index is 3.06. The minimum absolute atomic E-state index is 0.0633. The first-order chi connectivity index (χ1) is 6.56. The third-order valence-electron chi connectivity index (χ3n) is 1.91. The Morgan fingerprint density at radius 3 is 2.64 bits per heavy atom. The van der Waals surface area contributed by atoms with Gasteiger partial charge in [0.1, 0.15) is 5.82 Å². The van der Waals surface area contributed by atoms with Crippen LogP contribution in [0.15, 0.2) is 18.2 Å². The third-order valence-corrected chi connectivity index (χ3v) is 2.22. The summed E-state index contributed by atoms with van der Waals surface area (Å²) in [7, 11) is 0. The maximum atomic E-state index is 13.1. The molecule has 1 aromatic carbocycles. The van der Waals surface area contributed by atoms with E-state index < -0.39 is 5.82 Å². The number of hydrogen-bond donors (Lipinski definition) is 0. The van der Waals surface area contributed by atoms with Crippen LogP contribution < -0.4 is 4.90 Å². The molecule has 0 bridgehead atoms. The fourth-order valence-electron chi connectivity index (χ4n) is 1.24. The molecule has 0 saturated carbocycles. The minimum Gasteiger partial charge on any atom is -0.313 e. The summed E-state index contributed by atoms with van der Waals surface area (Å²) in [5.74, 6) is -0.627. The Kier molecular flexibility index (Phi) is 3.47. The van der Waals surface area contributed by atoms with Crippen molar-refractivity contribution in [3.8, 4) is 0 Å². The van der Waals surface area contributed by atoms with Crippen molar-refractivity contribution < 1.29 is 9.18 Å². The van der Waals surface area contributed by atoms with Gasteiger partial charge in [-0.05, 0) is 25.1 Å². The summed E-state index contributed by atoms with van der Waals surface area (Å²) in [4.78, 5) is 12.6. The van der Waals surface area contributed by atoms with E-state index in [1.165, 1.54) is 24.0 Å². The molecule has 0 aromatic heterocycles. The molecule has 2 nitrogen and oxygen atoms in total. The lowest BCUT2D eigenvalue weighted by atomic mass is 10.2. The summed E-state index contributed by atoms with van der Waals surface area (Å²) in [6.07, 6.45) is 0. The maximum absolute atomic E-state index is 13.1. The van der Waals surface area contributed by atoms with E-state index in [1.54, 1.807) is 6.07 Å². The van der Waals surface area contributed by atoms with Gasteiger partial charge in [0.2, 0.25) is 5.91 Å². The molecule has 14 heavy (non-hydrogen) atoms. The molecule has 0 atom stereocenters. The zero-order valence-corrected chi connectivity index (χ0v) is 8.81. The summed E-state index contributed by atoms with van der Waals surface area (Å²) in [6.45, 7) is 3.78. The highest BCUT2D eigenvalue weighted by molar-refractivity contribution is 6.30. The van der Waals surface area contributed by atoms with Crippen molar-refractivity contribution in [2.45, 2.75) is 13.8 Å². The molecule has 0 aliphatic heterocycles. The van der Waals surface area contributed by atoms with E-state index in [0.29, 0.717) is 12.2 Å². The van der Waals surface area contributed by atoms with Gasteiger partial charge < -0.3 is 4.90 Å². The van der Waals surface area contributed by atoms with Crippen LogP contribution in [0.4, 0.5) is 10.1 Å². The molecular weight excluding hydrogens is 205 g/mol. The van der Waals surface area contributed by atoms with E-state index in [9.17, 15) is 9.18 Å². The molecule has 76 valence electrons. The molecule has 0 heterocycles. The van der Waals surface area contributed by atoms with E-state index in [2.05, 4.69) is 0 Å². The molecule has 1 rings (SSSR count). The predicted molar refractivity (Wildman–Crippen MR) is 55.1 cm³/mol. The SMILES string of the molecule is CCN(C(C)=O)c1ccc(Cl)c(F)c1. The lowest BCUT2D eigenvalue weighted by Crippen LogP contribution is -2.27. The van der Waals surface area contributed by atoms with Crippen LogP contribution in [0.2, 0.25) is 5.02 Å². The number of benzene rings is 1. The average Bonchev–Trinajstić information content (AvgIpc) is 2.11. The van der Waals surface area contributed by atoms with E-state index in [1.807, 2.05) is 6.92 Å². The van der Waals surface area contributed by atoms with Crippen LogP contribution in [0.5, 0.6) is 0 Å². The zero-order chi connectivity index (χ0) is 10.7. The van der Waals surface area contributed by atoms with Crippen LogP contribution >= 0.6 is 11.6 Å². The Hall–Kier alpha value is -1.09. The van der Waals surface area contributed by atoms with Gasteiger partial charge >= 0.3 is 0 Å². The lowest BCUT2D eigenvalue weighted by Gasteiger charge is -2.18. The lowest BCUT2D eigenvalue weighted by molar-refractivity contribution is -0.116. The van der Waals surface area contributed by atoms with Crippen molar-refractivity contribution in [2.75, 3.05) is 11.4 Å². The van der Waals surface area contributed by atoms with Crippen molar-refractivity contribution >= 4 is 23.2 Å². The van der Waals surface area contributed by atoms with Crippen LogP contribution in [-0.4, -0.2) is 12.5 Å². The van der Waals surface area contributed by atoms with E-state index >= 15 is 0 Å². The Bertz CT molecular complexity index is 354. The molecule has 0 radical (unpaired) electrons. The normalized spacial score (nSPS) is 10.0. The van der Waals surface area contributed by atoms with E-state index in [-0.39, 0.29) is 10.9 Å². The van der Waals surface area contributed by atoms with Gasteiger partial charge in [-0.25, -0.2) is 4.39 Å². The third kappa shape index (κ3) is 2.23. The topological polar surface area (TPSA) is 20.3 Å². The van der Waals surface area contributed by atoms with Gasteiger partial charge in [0, 0.05) is 19.2 Å². The van der Waals surface area contributed by atoms with Crippen LogP contribution in [0.3, 0.4) is 0 Å². The minimum atomic E-state index is -0.510. The summed E-state index contributed by atoms with van der Waals surface area (Å²) < 4.78 is 13.1. The van der Waals surface area contributed by atoms with Crippen LogP contribution in [0.25, 0.3) is 0 Å². The van der Waals surface area contributed by atoms with Crippen molar-refractivity contribution in [3.05, 3.63) is 29.0 Å². The number of amides is 1. The second kappa shape index (κ2) is 4.42. The Morgan fingerprint density at radius 1 is 1.57 bits per heavy atom. The first-order valence-corrected chi connectivity index (χ1v) is 4.67. The highest BCUT2D eigenvalue weighted by Gasteiger charge is 2.10. The first-order valence-electron chi connectivity index (χ1n) is 4.29. The first kappa shape index (κ1) is 11.0. The second-order valence-electron chi connectivity index (χ2n) is 2.86. The van der Waals surface area contributed by atoms with Gasteiger partial charge in [0.05, 0.1) is 5.02 Å². The van der Waals surface area contributed by atoms with Crippen LogP contribution in [-0.2, 0) is 4.79 Å². The summed E-state index contributed by atoms with van der Waals surface area (Å²) in [6, 6.07) is 4.32. The molecule has 0 N–H and O–H groups in total. The van der Waals surface area contributed by atoms with Crippen molar-refractivity contribution in [1.82, 2.24) is 0 Å². The number of carbonyl (C=O) groups is 1. The summed E-state index contributed by atoms with van der Waals surface area (Å²) in [5.41, 5.74) is 0.530. The number of rotatable bonds is 2. The summed E-state index contributed by atoms with van der Waals surface area (Å²) in [5, 5.41) is 0.0633. The maximum Gasteiger partial charge on any atom is 0.223 e. The largest absolute Gasteiger partial charge is 0.313 e. The number of carbonyl (C=O) groups excluding carboxylic acids is 1. The van der Waals surface area contributed by atoms with Gasteiger partial charge in [-0.1, -0.05) is 11.6 Å². The molecular formula is C10H11ClFNO. The number of hydrogen-bond acceptors (Lipinski definition) is 1. The molecule has 0 aliphatic carbocycles. The van der Waals surface area contributed by atoms with Gasteiger partial charge in [-0.15, -0.1) is 0 Å².